The van der Waals surface area contributed by atoms with Crippen LogP contribution in [-0.4, -0.2) is 20.7 Å². The van der Waals surface area contributed by atoms with E-state index in [2.05, 4.69) is 15.5 Å². The van der Waals surface area contributed by atoms with Gasteiger partial charge >= 0.3 is 0 Å². The molecule has 1 aromatic carbocycles. The van der Waals surface area contributed by atoms with Crippen LogP contribution in [0.1, 0.15) is 5.69 Å². The molecule has 0 aliphatic rings. The molecule has 0 spiro atoms. The highest BCUT2D eigenvalue weighted by molar-refractivity contribution is 7.23. The smallest absolute Gasteiger partial charge is 0.268 e. The zero-order valence-corrected chi connectivity index (χ0v) is 16.4. The maximum atomic E-state index is 13.5. The van der Waals surface area contributed by atoms with Crippen LogP contribution in [0, 0.1) is 17.1 Å². The van der Waals surface area contributed by atoms with E-state index in [1.54, 1.807) is 35.0 Å². The number of amides is 1. The van der Waals surface area contributed by atoms with Crippen LogP contribution in [0.3, 0.4) is 0 Å². The van der Waals surface area contributed by atoms with Gasteiger partial charge in [0.05, 0.1) is 4.88 Å². The second-order valence-corrected chi connectivity index (χ2v) is 7.72. The number of anilines is 1. The minimum atomic E-state index is -0.589. The van der Waals surface area contributed by atoms with Gasteiger partial charge in [0.2, 0.25) is 5.13 Å². The van der Waals surface area contributed by atoms with E-state index in [-0.39, 0.29) is 11.4 Å². The maximum Gasteiger partial charge on any atom is 0.268 e. The topological polar surface area (TPSA) is 83.6 Å². The highest BCUT2D eigenvalue weighted by atomic mass is 32.1. The van der Waals surface area contributed by atoms with Crippen LogP contribution >= 0.6 is 22.7 Å². The summed E-state index contributed by atoms with van der Waals surface area (Å²) in [6.07, 6.45) is 3.17. The van der Waals surface area contributed by atoms with Crippen molar-refractivity contribution in [3.05, 3.63) is 77.2 Å². The summed E-state index contributed by atoms with van der Waals surface area (Å²) < 4.78 is 15.2. The number of nitrogens with one attached hydrogen (secondary N) is 1. The quantitative estimate of drug-likeness (QED) is 0.373. The van der Waals surface area contributed by atoms with Crippen molar-refractivity contribution in [1.82, 2.24) is 14.8 Å². The van der Waals surface area contributed by atoms with E-state index in [4.69, 9.17) is 0 Å². The number of carbonyl (C=O) groups excluding carboxylic acids is 1. The summed E-state index contributed by atoms with van der Waals surface area (Å²) in [5, 5.41) is 23.0. The zero-order chi connectivity index (χ0) is 20.2. The van der Waals surface area contributed by atoms with Gasteiger partial charge in [-0.1, -0.05) is 23.5 Å². The fraction of sp³-hybridized carbons (Fsp3) is 0. The molecule has 3 heterocycles. The van der Waals surface area contributed by atoms with E-state index < -0.39 is 5.91 Å². The van der Waals surface area contributed by atoms with Crippen LogP contribution in [0.25, 0.3) is 21.6 Å². The van der Waals surface area contributed by atoms with Gasteiger partial charge < -0.3 is 4.57 Å². The molecule has 1 N–H and O–H groups in total. The molecule has 29 heavy (non-hydrogen) atoms. The summed E-state index contributed by atoms with van der Waals surface area (Å²) >= 11 is 2.75. The predicted molar refractivity (Wildman–Crippen MR) is 111 cm³/mol. The van der Waals surface area contributed by atoms with E-state index in [1.807, 2.05) is 23.6 Å². The highest BCUT2D eigenvalue weighted by Gasteiger charge is 2.15. The van der Waals surface area contributed by atoms with Crippen LogP contribution < -0.4 is 5.32 Å². The number of nitriles is 1. The van der Waals surface area contributed by atoms with Crippen molar-refractivity contribution >= 4 is 39.8 Å². The van der Waals surface area contributed by atoms with Crippen LogP contribution in [0.2, 0.25) is 0 Å². The van der Waals surface area contributed by atoms with Crippen molar-refractivity contribution in [2.75, 3.05) is 5.32 Å². The molecule has 6 nitrogen and oxygen atoms in total. The Morgan fingerprint density at radius 1 is 1.21 bits per heavy atom. The van der Waals surface area contributed by atoms with Gasteiger partial charge in [-0.15, -0.1) is 21.5 Å². The van der Waals surface area contributed by atoms with Gasteiger partial charge in [0, 0.05) is 17.6 Å². The highest BCUT2D eigenvalue weighted by Crippen LogP contribution is 2.29. The number of hydrogen-bond acceptors (Lipinski definition) is 6. The molecule has 0 radical (unpaired) electrons. The molecule has 1 amide bonds. The minimum absolute atomic E-state index is 0.103. The van der Waals surface area contributed by atoms with Gasteiger partial charge in [-0.05, 0) is 47.9 Å². The third kappa shape index (κ3) is 4.13. The minimum Gasteiger partial charge on any atom is -0.317 e. The second-order valence-electron chi connectivity index (χ2n) is 5.80. The molecule has 0 bridgehead atoms. The molecular weight excluding hydrogens is 409 g/mol. The summed E-state index contributed by atoms with van der Waals surface area (Å²) in [6.45, 7) is 0. The molecule has 3 aromatic heterocycles. The summed E-state index contributed by atoms with van der Waals surface area (Å²) in [4.78, 5) is 13.5. The first kappa shape index (κ1) is 18.7. The van der Waals surface area contributed by atoms with Gasteiger partial charge in [-0.2, -0.15) is 5.26 Å². The Hall–Kier alpha value is -3.61. The molecule has 0 fully saturated rings. The van der Waals surface area contributed by atoms with Gasteiger partial charge in [-0.3, -0.25) is 10.1 Å². The lowest BCUT2D eigenvalue weighted by Crippen LogP contribution is -2.13. The number of hydrogen-bond donors (Lipinski definition) is 1. The largest absolute Gasteiger partial charge is 0.317 e. The summed E-state index contributed by atoms with van der Waals surface area (Å²) in [5.41, 5.74) is 1.05. The Balaban J connectivity index is 1.57. The Kier molecular flexibility index (Phi) is 5.29. The monoisotopic (exact) mass is 421 g/mol. The second kappa shape index (κ2) is 8.18. The summed E-state index contributed by atoms with van der Waals surface area (Å²) in [6, 6.07) is 15.3. The zero-order valence-electron chi connectivity index (χ0n) is 14.7. The van der Waals surface area contributed by atoms with Crippen LogP contribution in [0.4, 0.5) is 9.52 Å². The number of rotatable bonds is 5. The van der Waals surface area contributed by atoms with Gasteiger partial charge in [0.1, 0.15) is 17.5 Å². The Morgan fingerprint density at radius 2 is 2.10 bits per heavy atom. The molecule has 0 aliphatic heterocycles. The number of nitrogens with zero attached hydrogens (tertiary/aromatic N) is 4. The van der Waals surface area contributed by atoms with E-state index in [9.17, 15) is 14.4 Å². The summed E-state index contributed by atoms with van der Waals surface area (Å²) in [7, 11) is 0. The van der Waals surface area contributed by atoms with Crippen molar-refractivity contribution in [1.29, 1.82) is 5.26 Å². The van der Waals surface area contributed by atoms with Gasteiger partial charge in [-0.25, -0.2) is 4.39 Å². The molecule has 0 unspecified atom stereocenters. The third-order valence-electron chi connectivity index (χ3n) is 3.90. The van der Waals surface area contributed by atoms with Crippen molar-refractivity contribution in [2.45, 2.75) is 0 Å². The first-order valence-electron chi connectivity index (χ1n) is 8.38. The molecular formula is C20H12FN5OS2. The fourth-order valence-corrected chi connectivity index (χ4v) is 4.14. The number of aromatic nitrogens is 3. The van der Waals surface area contributed by atoms with E-state index in [0.29, 0.717) is 21.5 Å². The Labute approximate surface area is 173 Å². The van der Waals surface area contributed by atoms with Crippen molar-refractivity contribution in [3.8, 4) is 21.6 Å². The van der Waals surface area contributed by atoms with Crippen LogP contribution in [0.15, 0.2) is 65.7 Å². The van der Waals surface area contributed by atoms with Crippen molar-refractivity contribution in [2.24, 2.45) is 0 Å². The summed E-state index contributed by atoms with van der Waals surface area (Å²) in [5.74, 6) is -0.962. The Bertz CT molecular complexity index is 1230. The van der Waals surface area contributed by atoms with Gasteiger partial charge in [0.25, 0.3) is 5.91 Å². The number of benzene rings is 1. The molecule has 9 heteroatoms. The van der Waals surface area contributed by atoms with E-state index in [1.165, 1.54) is 40.9 Å². The fourth-order valence-electron chi connectivity index (χ4n) is 2.61. The molecule has 0 atom stereocenters. The molecule has 4 aromatic rings. The number of carbonyl (C=O) groups is 1. The lowest BCUT2D eigenvalue weighted by Gasteiger charge is -2.07. The van der Waals surface area contributed by atoms with Crippen LogP contribution in [-0.2, 0) is 4.79 Å². The Morgan fingerprint density at radius 3 is 2.86 bits per heavy atom. The molecule has 4 rings (SSSR count). The first-order valence-corrected chi connectivity index (χ1v) is 10.1. The average molecular weight is 421 g/mol. The number of halogens is 1. The van der Waals surface area contributed by atoms with E-state index in [0.717, 1.165) is 4.88 Å². The first-order chi connectivity index (χ1) is 14.1. The molecule has 0 saturated heterocycles. The number of thiophene rings is 1. The SMILES string of the molecule is N#C/C(=C/c1cccn1-c1cccc(F)c1)C(=O)Nc1nnc(-c2cccs2)s1. The third-order valence-corrected chi connectivity index (χ3v) is 5.78. The molecule has 0 saturated carbocycles. The average Bonchev–Trinajstić information content (AvgIpc) is 3.47. The standard InChI is InChI=1S/C20H12FN5OS2/c21-14-4-1-5-16(11-14)26-8-2-6-15(26)10-13(12-22)18(27)23-20-25-24-19(29-20)17-7-3-9-28-17/h1-11H,(H,23,25,27)/b13-10-. The van der Waals surface area contributed by atoms with E-state index >= 15 is 0 Å². The normalized spacial score (nSPS) is 11.2. The molecule has 0 aliphatic carbocycles. The molecule has 142 valence electrons. The van der Waals surface area contributed by atoms with Crippen molar-refractivity contribution in [3.63, 3.8) is 0 Å². The lowest BCUT2D eigenvalue weighted by molar-refractivity contribution is -0.112. The lowest BCUT2D eigenvalue weighted by atomic mass is 10.2. The maximum absolute atomic E-state index is 13.5. The van der Waals surface area contributed by atoms with Gasteiger partial charge in [0.15, 0.2) is 5.01 Å². The van der Waals surface area contributed by atoms with Crippen LogP contribution in [0.5, 0.6) is 0 Å². The predicted octanol–water partition coefficient (Wildman–Crippen LogP) is 4.74. The van der Waals surface area contributed by atoms with Crippen molar-refractivity contribution < 1.29 is 9.18 Å².